The second-order valence-electron chi connectivity index (χ2n) is 16.7. The van der Waals surface area contributed by atoms with Crippen molar-refractivity contribution >= 4 is 46.3 Å². The van der Waals surface area contributed by atoms with E-state index in [1.54, 1.807) is 71.4 Å². The molecule has 0 radical (unpaired) electrons. The highest BCUT2D eigenvalue weighted by atomic mass is 32.2. The van der Waals surface area contributed by atoms with Crippen molar-refractivity contribution in [3.8, 4) is 23.0 Å². The van der Waals surface area contributed by atoms with Crippen LogP contribution in [0.2, 0.25) is 0 Å². The number of hydrogen-bond donors (Lipinski definition) is 0. The third-order valence-electron chi connectivity index (χ3n) is 12.1. The van der Waals surface area contributed by atoms with E-state index in [4.69, 9.17) is 29.2 Å². The van der Waals surface area contributed by atoms with Crippen LogP contribution in [-0.4, -0.2) is 65.2 Å². The molecule has 0 saturated heterocycles. The van der Waals surface area contributed by atoms with Gasteiger partial charge in [-0.1, -0.05) is 72.1 Å². The molecule has 0 aliphatic carbocycles. The molecule has 8 aromatic rings. The minimum Gasteiger partial charge on any atom is -0.497 e. The number of thioether (sulfide) groups is 2. The molecule has 2 aromatic heterocycles. The zero-order valence-electron chi connectivity index (χ0n) is 38.8. The number of fused-ring (bicyclic) bond motifs is 2. The van der Waals surface area contributed by atoms with Gasteiger partial charge in [-0.3, -0.25) is 20.2 Å². The molecule has 2 atom stereocenters. The quantitative estimate of drug-likeness (QED) is 0.0614. The maximum Gasteiger partial charge on any atom is 0.269 e. The molecule has 0 amide bonds. The lowest BCUT2D eigenvalue weighted by atomic mass is 10.0. The van der Waals surface area contributed by atoms with Gasteiger partial charge in [0.2, 0.25) is 10.3 Å². The van der Waals surface area contributed by atoms with E-state index >= 15 is 0 Å². The molecular formula is C52H44N10O8S2. The number of rotatable bonds is 17. The molecule has 0 bridgehead atoms. The zero-order valence-corrected chi connectivity index (χ0v) is 40.4. The van der Waals surface area contributed by atoms with Gasteiger partial charge in [-0.25, -0.2) is 0 Å². The zero-order chi connectivity index (χ0) is 49.6. The molecule has 72 heavy (non-hydrogen) atoms. The minimum absolute atomic E-state index is 0.00594. The van der Waals surface area contributed by atoms with Crippen molar-refractivity contribution in [1.82, 2.24) is 29.7 Å². The maximum absolute atomic E-state index is 11.4. The van der Waals surface area contributed by atoms with Gasteiger partial charge in [-0.2, -0.15) is 19.6 Å². The summed E-state index contributed by atoms with van der Waals surface area (Å²) in [4.78, 5) is 22.0. The molecular weight excluding hydrogens is 957 g/mol. The highest BCUT2D eigenvalue weighted by Crippen LogP contribution is 2.43. The van der Waals surface area contributed by atoms with Crippen molar-refractivity contribution in [2.75, 3.05) is 14.2 Å². The van der Waals surface area contributed by atoms with Gasteiger partial charge in [0.15, 0.2) is 11.6 Å². The predicted molar refractivity (Wildman–Crippen MR) is 271 cm³/mol. The third kappa shape index (κ3) is 10.8. The summed E-state index contributed by atoms with van der Waals surface area (Å²) in [7, 11) is 3.26. The first-order chi connectivity index (χ1) is 35.2. The van der Waals surface area contributed by atoms with Gasteiger partial charge in [0, 0.05) is 47.6 Å². The summed E-state index contributed by atoms with van der Waals surface area (Å²) in [5, 5.41) is 51.7. The van der Waals surface area contributed by atoms with Crippen LogP contribution in [0.15, 0.2) is 166 Å². The molecule has 2 aliphatic rings. The van der Waals surface area contributed by atoms with Crippen LogP contribution in [0, 0.1) is 20.2 Å². The third-order valence-corrected chi connectivity index (χ3v) is 14.5. The van der Waals surface area contributed by atoms with Gasteiger partial charge in [0.05, 0.1) is 35.5 Å². The summed E-state index contributed by atoms with van der Waals surface area (Å²) < 4.78 is 26.6. The Labute approximate surface area is 421 Å². The Bertz CT molecular complexity index is 3050. The van der Waals surface area contributed by atoms with Crippen LogP contribution in [-0.2, 0) is 26.1 Å². The average Bonchev–Trinajstić information content (AvgIpc) is 3.84. The summed E-state index contributed by atoms with van der Waals surface area (Å²) in [5.74, 6) is 3.87. The summed E-state index contributed by atoms with van der Waals surface area (Å²) in [5.41, 5.74) is 7.41. The number of nitro groups is 2. The summed E-state index contributed by atoms with van der Waals surface area (Å²) in [6, 6.07) is 44.5. The first-order valence-corrected chi connectivity index (χ1v) is 24.5. The van der Waals surface area contributed by atoms with Gasteiger partial charge in [-0.05, 0) is 119 Å². The number of benzene rings is 6. The second-order valence-corrected chi connectivity index (χ2v) is 19.0. The number of hydrogen-bond acceptors (Lipinski definition) is 16. The molecule has 0 spiro atoms. The summed E-state index contributed by atoms with van der Waals surface area (Å²) in [6.45, 7) is 0.233. The van der Waals surface area contributed by atoms with E-state index in [1.165, 1.54) is 24.3 Å². The smallest absolute Gasteiger partial charge is 0.269 e. The molecule has 0 N–H and O–H groups in total. The molecule has 4 heterocycles. The van der Waals surface area contributed by atoms with Crippen molar-refractivity contribution < 1.29 is 28.8 Å². The van der Waals surface area contributed by atoms with E-state index in [1.807, 2.05) is 97.1 Å². The van der Waals surface area contributed by atoms with E-state index in [0.717, 1.165) is 69.1 Å². The number of aryl methyl sites for hydroxylation is 2. The van der Waals surface area contributed by atoms with Crippen LogP contribution < -0.4 is 18.9 Å². The summed E-state index contributed by atoms with van der Waals surface area (Å²) in [6.07, 6.45) is 2.70. The summed E-state index contributed by atoms with van der Waals surface area (Å²) >= 11 is 3.09. The van der Waals surface area contributed by atoms with E-state index in [2.05, 4.69) is 20.4 Å². The van der Waals surface area contributed by atoms with Gasteiger partial charge in [-0.15, -0.1) is 20.4 Å². The first kappa shape index (κ1) is 47.3. The normalized spacial score (nSPS) is 15.2. The van der Waals surface area contributed by atoms with Crippen molar-refractivity contribution in [3.05, 3.63) is 211 Å². The van der Waals surface area contributed by atoms with E-state index in [9.17, 15) is 20.2 Å². The topological polar surface area (TPSA) is 209 Å². The minimum atomic E-state index is -0.417. The Morgan fingerprint density at radius 1 is 0.500 bits per heavy atom. The average molecular weight is 1000 g/mol. The van der Waals surface area contributed by atoms with Crippen LogP contribution in [0.4, 0.5) is 11.4 Å². The number of nitro benzene ring substituents is 2. The number of methoxy groups -OCH3 is 2. The van der Waals surface area contributed by atoms with E-state index in [-0.39, 0.29) is 35.1 Å². The first-order valence-electron chi connectivity index (χ1n) is 22.7. The number of aromatic nitrogens is 6. The van der Waals surface area contributed by atoms with Crippen molar-refractivity contribution in [1.29, 1.82) is 0 Å². The predicted octanol–water partition coefficient (Wildman–Crippen LogP) is 10.6. The Morgan fingerprint density at radius 3 is 1.21 bits per heavy atom. The molecule has 10 rings (SSSR count). The van der Waals surface area contributed by atoms with E-state index in [0.29, 0.717) is 46.3 Å². The Hall–Kier alpha value is -8.36. The Morgan fingerprint density at radius 2 is 0.861 bits per heavy atom. The van der Waals surface area contributed by atoms with Crippen LogP contribution in [0.25, 0.3) is 0 Å². The fourth-order valence-electron chi connectivity index (χ4n) is 8.13. The fraction of sp³-hybridized carbons (Fsp3) is 0.192. The molecule has 0 fully saturated rings. The largest absolute Gasteiger partial charge is 0.497 e. The van der Waals surface area contributed by atoms with Crippen LogP contribution in [0.1, 0.15) is 68.4 Å². The van der Waals surface area contributed by atoms with Gasteiger partial charge in [0.1, 0.15) is 36.2 Å². The fourth-order valence-corrected chi connectivity index (χ4v) is 10.4. The second kappa shape index (κ2) is 21.3. The highest BCUT2D eigenvalue weighted by molar-refractivity contribution is 7.99. The number of non-ortho nitro benzene ring substituents is 2. The molecule has 2 aliphatic heterocycles. The SMILES string of the molecule is COc1ccc(C2CC(c3ccc([N+](=O)[O-])cc3)=Nn3c(COc4ccc(CCc5ccc(OCc6nnc7n6N=C(c6ccc([N+](=O)[O-])cc6)CC(c6ccc(OC)cc6)S7)cc5)cc4)nnc3S2)cc1. The van der Waals surface area contributed by atoms with Crippen molar-refractivity contribution in [2.24, 2.45) is 10.2 Å². The van der Waals surface area contributed by atoms with E-state index < -0.39 is 9.85 Å². The molecule has 362 valence electrons. The lowest BCUT2D eigenvalue weighted by Crippen LogP contribution is -2.09. The molecule has 0 saturated carbocycles. The number of nitrogens with zero attached hydrogens (tertiary/aromatic N) is 10. The molecule has 18 nitrogen and oxygen atoms in total. The highest BCUT2D eigenvalue weighted by Gasteiger charge is 2.29. The van der Waals surface area contributed by atoms with Crippen LogP contribution in [0.3, 0.4) is 0 Å². The lowest BCUT2D eigenvalue weighted by Gasteiger charge is -2.15. The molecule has 20 heteroatoms. The standard InChI is InChI=1S/C52H44N10O8S2/c1-67-41-25-13-37(14-26-41)47-29-45(35-9-17-39(18-10-35)61(63)64)57-59-49(53-55-51(59)71-47)31-69-43-21-5-33(6-22-43)3-4-34-7-23-44(24-8-34)70-32-50-54-56-52-60(50)58-46(36-11-19-40(20-12-36)62(65)66)30-48(72-52)38-15-27-42(68-2)28-16-38/h5-28,47-48H,3-4,29-32H2,1-2H3. The van der Waals surface area contributed by atoms with Crippen molar-refractivity contribution in [3.63, 3.8) is 0 Å². The maximum atomic E-state index is 11.4. The van der Waals surface area contributed by atoms with Gasteiger partial charge >= 0.3 is 0 Å². The van der Waals surface area contributed by atoms with Gasteiger partial charge < -0.3 is 18.9 Å². The van der Waals surface area contributed by atoms with Crippen LogP contribution in [0.5, 0.6) is 23.0 Å². The van der Waals surface area contributed by atoms with Crippen LogP contribution >= 0.6 is 23.5 Å². The Balaban J connectivity index is 0.765. The monoisotopic (exact) mass is 1000 g/mol. The molecule has 2 unspecified atom stereocenters. The van der Waals surface area contributed by atoms with Gasteiger partial charge in [0.25, 0.3) is 11.4 Å². The Kier molecular flexibility index (Phi) is 14.0. The van der Waals surface area contributed by atoms with Crippen molar-refractivity contribution in [2.45, 2.75) is 59.7 Å². The lowest BCUT2D eigenvalue weighted by molar-refractivity contribution is -0.385. The molecule has 6 aromatic carbocycles. The number of ether oxygens (including phenoxy) is 4.